The van der Waals surface area contributed by atoms with E-state index in [4.69, 9.17) is 5.11 Å². The van der Waals surface area contributed by atoms with Gasteiger partial charge in [-0.25, -0.2) is 4.79 Å². The molecule has 1 unspecified atom stereocenters. The Morgan fingerprint density at radius 3 is 2.55 bits per heavy atom. The molecule has 0 radical (unpaired) electrons. The molecule has 0 fully saturated rings. The van der Waals surface area contributed by atoms with Crippen LogP contribution >= 0.6 is 39.5 Å². The SMILES string of the molecule is CSCCC(NC(=O)CSc1ccc(Br)cc1)C(=O)O. The first kappa shape index (κ1) is 17.4. The van der Waals surface area contributed by atoms with E-state index in [0.717, 1.165) is 9.37 Å². The number of benzene rings is 1. The molecular weight excluding hydrogens is 362 g/mol. The van der Waals surface area contributed by atoms with Crippen LogP contribution in [0.5, 0.6) is 0 Å². The number of halogens is 1. The fourth-order valence-corrected chi connectivity index (χ4v) is 2.85. The van der Waals surface area contributed by atoms with E-state index in [1.165, 1.54) is 11.8 Å². The van der Waals surface area contributed by atoms with Crippen molar-refractivity contribution in [3.05, 3.63) is 28.7 Å². The van der Waals surface area contributed by atoms with E-state index < -0.39 is 12.0 Å². The number of carboxylic acids is 1. The molecule has 20 heavy (non-hydrogen) atoms. The highest BCUT2D eigenvalue weighted by Gasteiger charge is 2.19. The van der Waals surface area contributed by atoms with Crippen molar-refractivity contribution in [3.8, 4) is 0 Å². The zero-order chi connectivity index (χ0) is 15.0. The summed E-state index contributed by atoms with van der Waals surface area (Å²) >= 11 is 6.29. The molecule has 1 atom stereocenters. The molecule has 0 saturated carbocycles. The van der Waals surface area contributed by atoms with Crippen LogP contribution in [0.4, 0.5) is 0 Å². The summed E-state index contributed by atoms with van der Waals surface area (Å²) in [6, 6.07) is 6.81. The van der Waals surface area contributed by atoms with E-state index in [1.54, 1.807) is 11.8 Å². The van der Waals surface area contributed by atoms with E-state index in [1.807, 2.05) is 30.5 Å². The first-order valence-electron chi connectivity index (χ1n) is 5.92. The average Bonchev–Trinajstić information content (AvgIpc) is 2.42. The van der Waals surface area contributed by atoms with Gasteiger partial charge in [0.05, 0.1) is 5.75 Å². The van der Waals surface area contributed by atoms with Crippen LogP contribution in [0.2, 0.25) is 0 Å². The van der Waals surface area contributed by atoms with Crippen LogP contribution in [0, 0.1) is 0 Å². The minimum absolute atomic E-state index is 0.213. The molecule has 1 aromatic rings. The second-order valence-electron chi connectivity index (χ2n) is 3.98. The molecule has 110 valence electrons. The number of hydrogen-bond acceptors (Lipinski definition) is 4. The summed E-state index contributed by atoms with van der Waals surface area (Å²) in [6.07, 6.45) is 2.34. The van der Waals surface area contributed by atoms with E-state index in [2.05, 4.69) is 21.2 Å². The Labute approximate surface area is 135 Å². The topological polar surface area (TPSA) is 66.4 Å². The maximum Gasteiger partial charge on any atom is 0.326 e. The molecule has 0 aliphatic heterocycles. The number of carboxylic acid groups (broad SMARTS) is 1. The number of amides is 1. The van der Waals surface area contributed by atoms with E-state index in [-0.39, 0.29) is 11.7 Å². The van der Waals surface area contributed by atoms with Crippen LogP contribution in [0.15, 0.2) is 33.6 Å². The normalized spacial score (nSPS) is 11.9. The highest BCUT2D eigenvalue weighted by molar-refractivity contribution is 9.10. The molecule has 4 nitrogen and oxygen atoms in total. The van der Waals surface area contributed by atoms with Crippen molar-refractivity contribution in [2.45, 2.75) is 17.4 Å². The Morgan fingerprint density at radius 1 is 1.35 bits per heavy atom. The molecule has 2 N–H and O–H groups in total. The molecule has 0 aliphatic rings. The summed E-state index contributed by atoms with van der Waals surface area (Å²) in [5, 5.41) is 11.6. The zero-order valence-electron chi connectivity index (χ0n) is 11.0. The number of carbonyl (C=O) groups is 2. The zero-order valence-corrected chi connectivity index (χ0v) is 14.2. The lowest BCUT2D eigenvalue weighted by molar-refractivity contribution is -0.141. The van der Waals surface area contributed by atoms with Gasteiger partial charge in [0.2, 0.25) is 5.91 Å². The Balaban J connectivity index is 2.41. The van der Waals surface area contributed by atoms with Crippen LogP contribution in [0.25, 0.3) is 0 Å². The monoisotopic (exact) mass is 377 g/mol. The van der Waals surface area contributed by atoms with Gasteiger partial charge in [0.15, 0.2) is 0 Å². The third kappa shape index (κ3) is 6.67. The Bertz CT molecular complexity index is 453. The van der Waals surface area contributed by atoms with Crippen molar-refractivity contribution in [2.75, 3.05) is 17.8 Å². The van der Waals surface area contributed by atoms with E-state index in [9.17, 15) is 9.59 Å². The predicted molar refractivity (Wildman–Crippen MR) is 87.4 cm³/mol. The highest BCUT2D eigenvalue weighted by atomic mass is 79.9. The summed E-state index contributed by atoms with van der Waals surface area (Å²) < 4.78 is 0.981. The number of carbonyl (C=O) groups excluding carboxylic acids is 1. The van der Waals surface area contributed by atoms with Crippen molar-refractivity contribution in [2.24, 2.45) is 0 Å². The lowest BCUT2D eigenvalue weighted by Crippen LogP contribution is -2.42. The summed E-state index contributed by atoms with van der Waals surface area (Å²) in [7, 11) is 0. The Morgan fingerprint density at radius 2 is 2.00 bits per heavy atom. The van der Waals surface area contributed by atoms with Crippen molar-refractivity contribution in [1.82, 2.24) is 5.32 Å². The maximum absolute atomic E-state index is 11.7. The van der Waals surface area contributed by atoms with Gasteiger partial charge in [0, 0.05) is 9.37 Å². The summed E-state index contributed by atoms with van der Waals surface area (Å²) in [5.41, 5.74) is 0. The fourth-order valence-electron chi connectivity index (χ4n) is 1.41. The maximum atomic E-state index is 11.7. The summed E-state index contributed by atoms with van der Waals surface area (Å²) in [5.74, 6) is -0.325. The molecule has 1 aromatic carbocycles. The van der Waals surface area contributed by atoms with Gasteiger partial charge >= 0.3 is 5.97 Å². The first-order valence-corrected chi connectivity index (χ1v) is 9.09. The number of rotatable bonds is 8. The number of thioether (sulfide) groups is 2. The standard InChI is InChI=1S/C13H16BrNO3S2/c1-19-7-6-11(13(17)18)15-12(16)8-20-10-4-2-9(14)3-5-10/h2-5,11H,6-8H2,1H3,(H,15,16)(H,17,18). The molecule has 0 aliphatic carbocycles. The molecule has 0 saturated heterocycles. The molecule has 1 rings (SSSR count). The minimum atomic E-state index is -0.985. The third-order valence-electron chi connectivity index (χ3n) is 2.43. The smallest absolute Gasteiger partial charge is 0.326 e. The minimum Gasteiger partial charge on any atom is -0.480 e. The molecular formula is C13H16BrNO3S2. The van der Waals surface area contributed by atoms with Crippen molar-refractivity contribution < 1.29 is 14.7 Å². The molecule has 0 aromatic heterocycles. The van der Waals surface area contributed by atoms with Gasteiger partial charge in [-0.1, -0.05) is 15.9 Å². The second kappa shape index (κ2) is 9.31. The van der Waals surface area contributed by atoms with Gasteiger partial charge in [-0.05, 0) is 42.7 Å². The Kier molecular flexibility index (Phi) is 8.09. The number of aliphatic carboxylic acids is 1. The number of nitrogens with one attached hydrogen (secondary N) is 1. The number of hydrogen-bond donors (Lipinski definition) is 2. The predicted octanol–water partition coefficient (Wildman–Crippen LogP) is 2.86. The lowest BCUT2D eigenvalue weighted by atomic mass is 10.2. The van der Waals surface area contributed by atoms with Gasteiger partial charge in [0.1, 0.15) is 6.04 Å². The molecule has 0 heterocycles. The molecule has 0 spiro atoms. The van der Waals surface area contributed by atoms with Crippen molar-refractivity contribution >= 4 is 51.3 Å². The van der Waals surface area contributed by atoms with Crippen LogP contribution < -0.4 is 5.32 Å². The average molecular weight is 378 g/mol. The van der Waals surface area contributed by atoms with Crippen LogP contribution in [-0.4, -0.2) is 40.8 Å². The van der Waals surface area contributed by atoms with Crippen molar-refractivity contribution in [3.63, 3.8) is 0 Å². The van der Waals surface area contributed by atoms with Crippen LogP contribution in [-0.2, 0) is 9.59 Å². The van der Waals surface area contributed by atoms with Gasteiger partial charge in [0.25, 0.3) is 0 Å². The fraction of sp³-hybridized carbons (Fsp3) is 0.385. The third-order valence-corrected chi connectivity index (χ3v) is 4.61. The van der Waals surface area contributed by atoms with Gasteiger partial charge < -0.3 is 10.4 Å². The molecule has 1 amide bonds. The Hall–Kier alpha value is -0.660. The first-order chi connectivity index (χ1) is 9.52. The van der Waals surface area contributed by atoms with Crippen LogP contribution in [0.1, 0.15) is 6.42 Å². The van der Waals surface area contributed by atoms with E-state index >= 15 is 0 Å². The van der Waals surface area contributed by atoms with Gasteiger partial charge in [-0.15, -0.1) is 11.8 Å². The summed E-state index contributed by atoms with van der Waals surface area (Å²) in [4.78, 5) is 23.7. The van der Waals surface area contributed by atoms with Crippen molar-refractivity contribution in [1.29, 1.82) is 0 Å². The molecule has 0 bridgehead atoms. The highest BCUT2D eigenvalue weighted by Crippen LogP contribution is 2.20. The van der Waals surface area contributed by atoms with E-state index in [0.29, 0.717) is 12.2 Å². The second-order valence-corrected chi connectivity index (χ2v) is 6.93. The largest absolute Gasteiger partial charge is 0.480 e. The quantitative estimate of drug-likeness (QED) is 0.681. The lowest BCUT2D eigenvalue weighted by Gasteiger charge is -2.13. The van der Waals surface area contributed by atoms with Gasteiger partial charge in [-0.2, -0.15) is 11.8 Å². The summed E-state index contributed by atoms with van der Waals surface area (Å²) in [6.45, 7) is 0. The molecule has 7 heteroatoms. The van der Waals surface area contributed by atoms with Crippen LogP contribution in [0.3, 0.4) is 0 Å². The van der Waals surface area contributed by atoms with Gasteiger partial charge in [-0.3, -0.25) is 4.79 Å².